The predicted molar refractivity (Wildman–Crippen MR) is 134 cm³/mol. The molecule has 2 aromatic heterocycles. The van der Waals surface area contributed by atoms with E-state index in [0.29, 0.717) is 21.8 Å². The van der Waals surface area contributed by atoms with Crippen molar-refractivity contribution in [2.75, 3.05) is 0 Å². The highest BCUT2D eigenvalue weighted by atomic mass is 35.5. The lowest BCUT2D eigenvalue weighted by molar-refractivity contribution is 0.0936. The number of nitrogens with one attached hydrogen (secondary N) is 1. The Morgan fingerprint density at radius 3 is 2.63 bits per heavy atom. The van der Waals surface area contributed by atoms with Crippen molar-refractivity contribution in [3.8, 4) is 17.6 Å². The zero-order valence-corrected chi connectivity index (χ0v) is 20.5. The molecule has 0 radical (unpaired) electrons. The van der Waals surface area contributed by atoms with E-state index in [2.05, 4.69) is 27.4 Å². The smallest absolute Gasteiger partial charge is 0.272 e. The molecule has 194 valence electrons. The topological polar surface area (TPSA) is 85.0 Å². The molecule has 2 heterocycles. The summed E-state index contributed by atoms with van der Waals surface area (Å²) in [5, 5.41) is 22.1. The van der Waals surface area contributed by atoms with Gasteiger partial charge < -0.3 is 10.4 Å². The lowest BCUT2D eigenvalue weighted by Crippen LogP contribution is -2.30. The number of carbonyl (C=O) groups excluding carboxylic acids is 1. The fraction of sp³-hybridized carbons (Fsp3) is 0.222. The van der Waals surface area contributed by atoms with Crippen LogP contribution in [0, 0.1) is 17.7 Å². The van der Waals surface area contributed by atoms with Crippen molar-refractivity contribution in [1.82, 2.24) is 24.9 Å². The standard InChI is InChI=1S/C27H21ClF3N5O2/c28-18-4-2-17(3-5-18)26(22-11-19(29)6-10-24(22)37)33-27(38)23-12-21(36(34-23)20-8-9-20)7-1-16-13-32-35(14-16)15-25(30)31/h2-6,10-14,20,25-26,37H,8-9,15H2,(H,33,38). The number of aromatic hydroxyl groups is 1. The van der Waals surface area contributed by atoms with Gasteiger partial charge in [-0.05, 0) is 54.7 Å². The van der Waals surface area contributed by atoms with E-state index in [1.165, 1.54) is 24.5 Å². The molecule has 1 saturated carbocycles. The van der Waals surface area contributed by atoms with Crippen LogP contribution in [0.4, 0.5) is 13.2 Å². The molecule has 0 spiro atoms. The zero-order chi connectivity index (χ0) is 26.8. The summed E-state index contributed by atoms with van der Waals surface area (Å²) in [4.78, 5) is 13.3. The first-order chi connectivity index (χ1) is 18.3. The lowest BCUT2D eigenvalue weighted by atomic mass is 9.97. The maximum Gasteiger partial charge on any atom is 0.272 e. The van der Waals surface area contributed by atoms with Crippen LogP contribution in [0.25, 0.3) is 0 Å². The van der Waals surface area contributed by atoms with Crippen molar-refractivity contribution in [1.29, 1.82) is 0 Å². The summed E-state index contributed by atoms with van der Waals surface area (Å²) >= 11 is 6.01. The van der Waals surface area contributed by atoms with Gasteiger partial charge in [0, 0.05) is 22.8 Å². The van der Waals surface area contributed by atoms with Crippen molar-refractivity contribution in [2.45, 2.75) is 37.9 Å². The van der Waals surface area contributed by atoms with E-state index < -0.39 is 30.7 Å². The molecule has 1 unspecified atom stereocenters. The van der Waals surface area contributed by atoms with Crippen LogP contribution in [0.15, 0.2) is 60.9 Å². The Morgan fingerprint density at radius 1 is 1.16 bits per heavy atom. The Hall–Kier alpha value is -4.23. The highest BCUT2D eigenvalue weighted by Gasteiger charge is 2.29. The van der Waals surface area contributed by atoms with Crippen LogP contribution < -0.4 is 5.32 Å². The molecular weight excluding hydrogens is 519 g/mol. The number of rotatable bonds is 7. The van der Waals surface area contributed by atoms with Gasteiger partial charge in [-0.1, -0.05) is 29.7 Å². The van der Waals surface area contributed by atoms with Crippen molar-refractivity contribution in [3.63, 3.8) is 0 Å². The zero-order valence-electron chi connectivity index (χ0n) is 19.8. The van der Waals surface area contributed by atoms with Crippen LogP contribution in [-0.2, 0) is 6.54 Å². The van der Waals surface area contributed by atoms with Gasteiger partial charge in [0.25, 0.3) is 12.3 Å². The normalized spacial score (nSPS) is 13.7. The summed E-state index contributed by atoms with van der Waals surface area (Å²) in [6.07, 6.45) is 2.05. The molecule has 0 saturated heterocycles. The molecule has 1 fully saturated rings. The Bertz CT molecular complexity index is 1530. The van der Waals surface area contributed by atoms with Crippen molar-refractivity contribution < 1.29 is 23.1 Å². The number of aromatic nitrogens is 4. The third-order valence-electron chi connectivity index (χ3n) is 5.93. The average molecular weight is 540 g/mol. The molecule has 0 bridgehead atoms. The summed E-state index contributed by atoms with van der Waals surface area (Å²) < 4.78 is 42.0. The molecule has 11 heteroatoms. The first-order valence-electron chi connectivity index (χ1n) is 11.7. The van der Waals surface area contributed by atoms with E-state index in [1.54, 1.807) is 28.9 Å². The van der Waals surface area contributed by atoms with Crippen molar-refractivity contribution in [2.24, 2.45) is 0 Å². The minimum absolute atomic E-state index is 0.0875. The van der Waals surface area contributed by atoms with Crippen LogP contribution in [0.5, 0.6) is 5.75 Å². The third-order valence-corrected chi connectivity index (χ3v) is 6.19. The number of carbonyl (C=O) groups is 1. The lowest BCUT2D eigenvalue weighted by Gasteiger charge is -2.20. The molecule has 1 atom stereocenters. The van der Waals surface area contributed by atoms with E-state index in [-0.39, 0.29) is 23.0 Å². The SMILES string of the molecule is O=C(NC(c1ccc(Cl)cc1)c1cc(F)ccc1O)c1cc(C#Cc2cnn(CC(F)F)c2)n(C2CC2)n1. The number of phenols is 1. The number of alkyl halides is 2. The summed E-state index contributed by atoms with van der Waals surface area (Å²) in [6.45, 7) is -0.526. The first-order valence-corrected chi connectivity index (χ1v) is 12.1. The Labute approximate surface area is 220 Å². The Morgan fingerprint density at radius 2 is 1.92 bits per heavy atom. The molecular formula is C27H21ClF3N5O2. The summed E-state index contributed by atoms with van der Waals surface area (Å²) in [6, 6.07) is 10.8. The number of hydrogen-bond donors (Lipinski definition) is 2. The monoisotopic (exact) mass is 539 g/mol. The number of halogens is 4. The molecule has 4 aromatic rings. The van der Waals surface area contributed by atoms with E-state index in [4.69, 9.17) is 11.6 Å². The average Bonchev–Trinajstić information content (AvgIpc) is 3.48. The maximum absolute atomic E-state index is 14.1. The number of hydrogen-bond acceptors (Lipinski definition) is 4. The largest absolute Gasteiger partial charge is 0.508 e. The molecule has 1 aliphatic carbocycles. The molecule has 2 aromatic carbocycles. The second-order valence-corrected chi connectivity index (χ2v) is 9.28. The van der Waals surface area contributed by atoms with Crippen LogP contribution >= 0.6 is 11.6 Å². The predicted octanol–water partition coefficient (Wildman–Crippen LogP) is 5.10. The Balaban J connectivity index is 1.44. The highest BCUT2D eigenvalue weighted by Crippen LogP contribution is 2.36. The number of phenolic OH excluding ortho intramolecular Hbond substituents is 1. The van der Waals surface area contributed by atoms with Crippen LogP contribution in [0.2, 0.25) is 5.02 Å². The summed E-state index contributed by atoms with van der Waals surface area (Å²) in [7, 11) is 0. The van der Waals surface area contributed by atoms with Gasteiger partial charge in [0.15, 0.2) is 5.69 Å². The van der Waals surface area contributed by atoms with E-state index in [9.17, 15) is 23.1 Å². The molecule has 2 N–H and O–H groups in total. The van der Waals surface area contributed by atoms with E-state index in [1.807, 2.05) is 0 Å². The van der Waals surface area contributed by atoms with Crippen molar-refractivity contribution >= 4 is 17.5 Å². The second-order valence-electron chi connectivity index (χ2n) is 8.84. The van der Waals surface area contributed by atoms with E-state index in [0.717, 1.165) is 29.7 Å². The van der Waals surface area contributed by atoms with Gasteiger partial charge in [-0.15, -0.1) is 0 Å². The fourth-order valence-electron chi connectivity index (χ4n) is 3.96. The van der Waals surface area contributed by atoms with Gasteiger partial charge >= 0.3 is 0 Å². The highest BCUT2D eigenvalue weighted by molar-refractivity contribution is 6.30. The maximum atomic E-state index is 14.1. The first kappa shape index (κ1) is 25.4. The summed E-state index contributed by atoms with van der Waals surface area (Å²) in [5.41, 5.74) is 1.76. The number of amides is 1. The third kappa shape index (κ3) is 5.84. The number of nitrogens with zero attached hydrogens (tertiary/aromatic N) is 4. The van der Waals surface area contributed by atoms with Gasteiger partial charge in [-0.3, -0.25) is 14.2 Å². The van der Waals surface area contributed by atoms with Crippen LogP contribution in [-0.4, -0.2) is 37.0 Å². The molecule has 38 heavy (non-hydrogen) atoms. The van der Waals surface area contributed by atoms with Gasteiger partial charge in [-0.2, -0.15) is 10.2 Å². The van der Waals surface area contributed by atoms with Crippen LogP contribution in [0.3, 0.4) is 0 Å². The second kappa shape index (κ2) is 10.6. The van der Waals surface area contributed by atoms with Crippen molar-refractivity contribution in [3.05, 3.63) is 99.8 Å². The minimum Gasteiger partial charge on any atom is -0.508 e. The number of benzene rings is 2. The van der Waals surface area contributed by atoms with Gasteiger partial charge in [0.05, 0.1) is 23.8 Å². The molecule has 1 amide bonds. The van der Waals surface area contributed by atoms with Crippen LogP contribution in [0.1, 0.15) is 57.8 Å². The molecule has 7 nitrogen and oxygen atoms in total. The van der Waals surface area contributed by atoms with E-state index >= 15 is 0 Å². The van der Waals surface area contributed by atoms with Gasteiger partial charge in [0.2, 0.25) is 0 Å². The molecule has 5 rings (SSSR count). The minimum atomic E-state index is -2.53. The summed E-state index contributed by atoms with van der Waals surface area (Å²) in [5.74, 6) is 4.53. The Kier molecular flexibility index (Phi) is 7.11. The van der Waals surface area contributed by atoms with Gasteiger partial charge in [-0.25, -0.2) is 13.2 Å². The molecule has 0 aliphatic heterocycles. The van der Waals surface area contributed by atoms with Gasteiger partial charge in [0.1, 0.15) is 23.8 Å². The quantitative estimate of drug-likeness (QED) is 0.320. The molecule has 1 aliphatic rings. The fourth-order valence-corrected chi connectivity index (χ4v) is 4.09.